The van der Waals surface area contributed by atoms with Gasteiger partial charge in [-0.1, -0.05) is 23.7 Å². The van der Waals surface area contributed by atoms with Crippen LogP contribution < -0.4 is 5.32 Å². The van der Waals surface area contributed by atoms with Crippen LogP contribution in [0.15, 0.2) is 48.8 Å². The van der Waals surface area contributed by atoms with Crippen molar-refractivity contribution in [2.75, 3.05) is 13.1 Å². The molecule has 6 nitrogen and oxygen atoms in total. The molecule has 27 heavy (non-hydrogen) atoms. The molecule has 0 saturated carbocycles. The molecule has 2 heterocycles. The second-order valence-electron chi connectivity index (χ2n) is 6.66. The molecule has 1 N–H and O–H groups in total. The number of piperidine rings is 1. The zero-order valence-electron chi connectivity index (χ0n) is 14.8. The molecule has 1 aliphatic heterocycles. The zero-order chi connectivity index (χ0) is 19.3. The number of benzene rings is 1. The van der Waals surface area contributed by atoms with Crippen LogP contribution in [0.25, 0.3) is 0 Å². The van der Waals surface area contributed by atoms with Gasteiger partial charge in [0, 0.05) is 37.1 Å². The Labute approximate surface area is 164 Å². The van der Waals surface area contributed by atoms with Crippen LogP contribution in [0.5, 0.6) is 0 Å². The molecule has 3 rings (SSSR count). The Bertz CT molecular complexity index is 890. The van der Waals surface area contributed by atoms with Crippen LogP contribution in [0.1, 0.15) is 24.0 Å². The minimum Gasteiger partial charge on any atom is -0.352 e. The maximum atomic E-state index is 12.8. The number of halogens is 1. The third-order valence-corrected chi connectivity index (χ3v) is 6.65. The van der Waals surface area contributed by atoms with E-state index in [1.54, 1.807) is 36.7 Å². The number of hydrogen-bond acceptors (Lipinski definition) is 4. The zero-order valence-corrected chi connectivity index (χ0v) is 16.4. The monoisotopic (exact) mass is 407 g/mol. The lowest BCUT2D eigenvalue weighted by Crippen LogP contribution is -2.45. The quantitative estimate of drug-likeness (QED) is 0.798. The van der Waals surface area contributed by atoms with Gasteiger partial charge in [0.15, 0.2) is 0 Å². The predicted octanol–water partition coefficient (Wildman–Crippen LogP) is 2.59. The Balaban J connectivity index is 1.60. The molecule has 0 radical (unpaired) electrons. The van der Waals surface area contributed by atoms with E-state index < -0.39 is 10.0 Å². The summed E-state index contributed by atoms with van der Waals surface area (Å²) < 4.78 is 26.9. The Morgan fingerprint density at radius 2 is 2.00 bits per heavy atom. The van der Waals surface area contributed by atoms with E-state index in [-0.39, 0.29) is 24.1 Å². The number of aromatic nitrogens is 1. The van der Waals surface area contributed by atoms with Crippen molar-refractivity contribution in [3.63, 3.8) is 0 Å². The summed E-state index contributed by atoms with van der Waals surface area (Å²) in [7, 11) is -3.50. The molecular weight excluding hydrogens is 386 g/mol. The standard InChI is InChI=1S/C19H22ClN3O3S/c20-18-5-1-3-16(11-18)14-27(25,26)23-10-2-4-17(13-23)19(24)22-12-15-6-8-21-9-7-15/h1,3,5-9,11,17H,2,4,10,12-14H2,(H,22,24)/t17-/m0/s1. The second kappa shape index (κ2) is 8.82. The molecule has 0 spiro atoms. The number of carbonyl (C=O) groups excluding carboxylic acids is 1. The molecule has 8 heteroatoms. The molecule has 0 bridgehead atoms. The summed E-state index contributed by atoms with van der Waals surface area (Å²) in [6.45, 7) is 1.06. The summed E-state index contributed by atoms with van der Waals surface area (Å²) in [6, 6.07) is 10.5. The highest BCUT2D eigenvalue weighted by molar-refractivity contribution is 7.88. The van der Waals surface area contributed by atoms with Crippen LogP contribution in [0.4, 0.5) is 0 Å². The molecule has 1 aromatic carbocycles. The molecule has 1 atom stereocenters. The first-order valence-electron chi connectivity index (χ1n) is 8.83. The summed E-state index contributed by atoms with van der Waals surface area (Å²) in [5, 5.41) is 3.40. The first kappa shape index (κ1) is 19.8. The third kappa shape index (κ3) is 5.51. The average molecular weight is 408 g/mol. The smallest absolute Gasteiger partial charge is 0.224 e. The fraction of sp³-hybridized carbons (Fsp3) is 0.368. The first-order chi connectivity index (χ1) is 12.9. The SMILES string of the molecule is O=C(NCc1ccncc1)[C@H]1CCCN(S(=O)(=O)Cc2cccc(Cl)c2)C1. The summed E-state index contributed by atoms with van der Waals surface area (Å²) >= 11 is 5.94. The van der Waals surface area contributed by atoms with Gasteiger partial charge in [-0.3, -0.25) is 9.78 Å². The van der Waals surface area contributed by atoms with Crippen molar-refractivity contribution in [3.05, 3.63) is 64.9 Å². The lowest BCUT2D eigenvalue weighted by Gasteiger charge is -2.31. The highest BCUT2D eigenvalue weighted by atomic mass is 35.5. The summed E-state index contributed by atoms with van der Waals surface area (Å²) in [6.07, 6.45) is 4.70. The number of sulfonamides is 1. The van der Waals surface area contributed by atoms with Crippen LogP contribution in [0, 0.1) is 5.92 Å². The van der Waals surface area contributed by atoms with E-state index in [0.29, 0.717) is 36.5 Å². The molecule has 1 saturated heterocycles. The van der Waals surface area contributed by atoms with Crippen LogP contribution >= 0.6 is 11.6 Å². The van der Waals surface area contributed by atoms with Gasteiger partial charge in [0.25, 0.3) is 0 Å². The van der Waals surface area contributed by atoms with E-state index in [2.05, 4.69) is 10.3 Å². The van der Waals surface area contributed by atoms with Crippen LogP contribution in [0.3, 0.4) is 0 Å². The second-order valence-corrected chi connectivity index (χ2v) is 9.06. The number of hydrogen-bond donors (Lipinski definition) is 1. The van der Waals surface area contributed by atoms with E-state index in [0.717, 1.165) is 5.56 Å². The highest BCUT2D eigenvalue weighted by Gasteiger charge is 2.32. The molecular formula is C19H22ClN3O3S. The first-order valence-corrected chi connectivity index (χ1v) is 10.8. The lowest BCUT2D eigenvalue weighted by atomic mass is 9.99. The Morgan fingerprint density at radius 1 is 1.22 bits per heavy atom. The topological polar surface area (TPSA) is 79.4 Å². The molecule has 144 valence electrons. The largest absolute Gasteiger partial charge is 0.352 e. The van der Waals surface area contributed by atoms with E-state index in [4.69, 9.17) is 11.6 Å². The predicted molar refractivity (Wildman–Crippen MR) is 104 cm³/mol. The van der Waals surface area contributed by atoms with Gasteiger partial charge in [0.2, 0.25) is 15.9 Å². The van der Waals surface area contributed by atoms with Crippen molar-refractivity contribution in [1.82, 2.24) is 14.6 Å². The highest BCUT2D eigenvalue weighted by Crippen LogP contribution is 2.22. The van der Waals surface area contributed by atoms with Crippen LogP contribution in [-0.4, -0.2) is 36.7 Å². The molecule has 0 unspecified atom stereocenters. The minimum absolute atomic E-state index is 0.112. The van der Waals surface area contributed by atoms with Crippen LogP contribution in [0.2, 0.25) is 5.02 Å². The van der Waals surface area contributed by atoms with Gasteiger partial charge >= 0.3 is 0 Å². The normalized spacial score (nSPS) is 18.2. The average Bonchev–Trinajstić information content (AvgIpc) is 2.67. The van der Waals surface area contributed by atoms with Crippen molar-refractivity contribution in [3.8, 4) is 0 Å². The van der Waals surface area contributed by atoms with Crippen molar-refractivity contribution in [2.45, 2.75) is 25.1 Å². The molecule has 0 aliphatic carbocycles. The number of nitrogens with zero attached hydrogens (tertiary/aromatic N) is 2. The van der Waals surface area contributed by atoms with E-state index in [9.17, 15) is 13.2 Å². The number of rotatable bonds is 6. The van der Waals surface area contributed by atoms with Gasteiger partial charge < -0.3 is 5.32 Å². The van der Waals surface area contributed by atoms with Gasteiger partial charge in [-0.2, -0.15) is 0 Å². The summed E-state index contributed by atoms with van der Waals surface area (Å²) in [5.41, 5.74) is 1.60. The molecule has 1 aliphatic rings. The van der Waals surface area contributed by atoms with Gasteiger partial charge in [-0.25, -0.2) is 12.7 Å². The molecule has 1 amide bonds. The van der Waals surface area contributed by atoms with E-state index in [1.165, 1.54) is 4.31 Å². The fourth-order valence-electron chi connectivity index (χ4n) is 3.17. The summed E-state index contributed by atoms with van der Waals surface area (Å²) in [4.78, 5) is 16.4. The molecule has 2 aromatic rings. The number of carbonyl (C=O) groups is 1. The van der Waals surface area contributed by atoms with Crippen molar-refractivity contribution >= 4 is 27.5 Å². The van der Waals surface area contributed by atoms with Crippen molar-refractivity contribution in [2.24, 2.45) is 5.92 Å². The number of nitrogens with one attached hydrogen (secondary N) is 1. The molecule has 1 aromatic heterocycles. The van der Waals surface area contributed by atoms with E-state index >= 15 is 0 Å². The van der Waals surface area contributed by atoms with Gasteiger partial charge in [0.05, 0.1) is 11.7 Å². The maximum absolute atomic E-state index is 12.8. The van der Waals surface area contributed by atoms with Gasteiger partial charge in [-0.15, -0.1) is 0 Å². The van der Waals surface area contributed by atoms with Crippen LogP contribution in [-0.2, 0) is 27.1 Å². The fourth-order valence-corrected chi connectivity index (χ4v) is 4.98. The third-order valence-electron chi connectivity index (χ3n) is 4.60. The van der Waals surface area contributed by atoms with Gasteiger partial charge in [-0.05, 0) is 48.2 Å². The Kier molecular flexibility index (Phi) is 6.46. The lowest BCUT2D eigenvalue weighted by molar-refractivity contribution is -0.126. The number of amides is 1. The number of pyridine rings is 1. The maximum Gasteiger partial charge on any atom is 0.224 e. The van der Waals surface area contributed by atoms with Gasteiger partial charge in [0.1, 0.15) is 0 Å². The minimum atomic E-state index is -3.50. The van der Waals surface area contributed by atoms with Crippen molar-refractivity contribution in [1.29, 1.82) is 0 Å². The summed E-state index contributed by atoms with van der Waals surface area (Å²) in [5.74, 6) is -0.567. The molecule has 1 fully saturated rings. The van der Waals surface area contributed by atoms with E-state index in [1.807, 2.05) is 12.1 Å². The Morgan fingerprint density at radius 3 is 2.74 bits per heavy atom. The Hall–Kier alpha value is -1.96. The van der Waals surface area contributed by atoms with Crippen molar-refractivity contribution < 1.29 is 13.2 Å².